The SMILES string of the molecule is CCNC(=NCc1ccsc1)NCc1ccc(S(N)(=O)=O)cc1. The molecule has 0 radical (unpaired) electrons. The van der Waals surface area contributed by atoms with Crippen LogP contribution in [0.25, 0.3) is 0 Å². The number of sulfonamides is 1. The van der Waals surface area contributed by atoms with Crippen molar-refractivity contribution in [3.05, 3.63) is 52.2 Å². The van der Waals surface area contributed by atoms with Gasteiger partial charge in [-0.3, -0.25) is 0 Å². The summed E-state index contributed by atoms with van der Waals surface area (Å²) in [6.45, 7) is 3.92. The minimum atomic E-state index is -3.65. The summed E-state index contributed by atoms with van der Waals surface area (Å²) in [6.07, 6.45) is 0. The van der Waals surface area contributed by atoms with E-state index in [-0.39, 0.29) is 4.90 Å². The van der Waals surface area contributed by atoms with Crippen LogP contribution in [0.5, 0.6) is 0 Å². The normalized spacial score (nSPS) is 12.2. The van der Waals surface area contributed by atoms with E-state index in [1.807, 2.05) is 18.4 Å². The van der Waals surface area contributed by atoms with Gasteiger partial charge in [0.2, 0.25) is 10.0 Å². The van der Waals surface area contributed by atoms with E-state index < -0.39 is 10.0 Å². The first-order chi connectivity index (χ1) is 11.0. The van der Waals surface area contributed by atoms with E-state index >= 15 is 0 Å². The zero-order valence-electron chi connectivity index (χ0n) is 12.8. The van der Waals surface area contributed by atoms with Crippen LogP contribution >= 0.6 is 11.3 Å². The molecule has 2 aromatic rings. The number of hydrogen-bond donors (Lipinski definition) is 3. The Morgan fingerprint density at radius 2 is 1.91 bits per heavy atom. The molecule has 0 fully saturated rings. The van der Waals surface area contributed by atoms with Crippen molar-refractivity contribution in [2.24, 2.45) is 10.1 Å². The second-order valence-electron chi connectivity index (χ2n) is 4.87. The molecule has 6 nitrogen and oxygen atoms in total. The largest absolute Gasteiger partial charge is 0.357 e. The fourth-order valence-electron chi connectivity index (χ4n) is 1.88. The third kappa shape index (κ3) is 5.66. The zero-order chi connectivity index (χ0) is 16.7. The van der Waals surface area contributed by atoms with Gasteiger partial charge in [-0.25, -0.2) is 18.5 Å². The predicted molar refractivity (Wildman–Crippen MR) is 93.8 cm³/mol. The molecule has 0 amide bonds. The number of thiophene rings is 1. The quantitative estimate of drug-likeness (QED) is 0.544. The van der Waals surface area contributed by atoms with Crippen molar-refractivity contribution < 1.29 is 8.42 Å². The van der Waals surface area contributed by atoms with Crippen molar-refractivity contribution in [2.75, 3.05) is 6.54 Å². The van der Waals surface area contributed by atoms with Crippen LogP contribution in [0.3, 0.4) is 0 Å². The maximum absolute atomic E-state index is 11.2. The number of benzene rings is 1. The Labute approximate surface area is 140 Å². The summed E-state index contributed by atoms with van der Waals surface area (Å²) >= 11 is 1.65. The molecular weight excluding hydrogens is 332 g/mol. The highest BCUT2D eigenvalue weighted by atomic mass is 32.2. The number of aliphatic imine (C=N–C) groups is 1. The Hall–Kier alpha value is -1.90. The molecule has 0 bridgehead atoms. The minimum absolute atomic E-state index is 0.110. The van der Waals surface area contributed by atoms with Gasteiger partial charge in [0.15, 0.2) is 5.96 Å². The van der Waals surface area contributed by atoms with Crippen molar-refractivity contribution in [2.45, 2.75) is 24.9 Å². The van der Waals surface area contributed by atoms with E-state index in [0.717, 1.165) is 12.1 Å². The van der Waals surface area contributed by atoms with Crippen molar-refractivity contribution in [1.82, 2.24) is 10.6 Å². The molecule has 0 saturated carbocycles. The molecule has 1 heterocycles. The van der Waals surface area contributed by atoms with E-state index in [4.69, 9.17) is 5.14 Å². The molecule has 0 aliphatic heterocycles. The molecule has 8 heteroatoms. The molecule has 23 heavy (non-hydrogen) atoms. The number of nitrogens with two attached hydrogens (primary N) is 1. The van der Waals surface area contributed by atoms with Crippen molar-refractivity contribution in [3.63, 3.8) is 0 Å². The summed E-state index contributed by atoms with van der Waals surface area (Å²) in [7, 11) is -3.65. The average Bonchev–Trinajstić information content (AvgIpc) is 3.03. The summed E-state index contributed by atoms with van der Waals surface area (Å²) in [5, 5.41) is 15.6. The summed E-state index contributed by atoms with van der Waals surface area (Å²) in [5.41, 5.74) is 2.11. The van der Waals surface area contributed by atoms with E-state index in [0.29, 0.717) is 19.0 Å². The van der Waals surface area contributed by atoms with Crippen molar-refractivity contribution in [3.8, 4) is 0 Å². The number of primary sulfonamides is 1. The maximum atomic E-state index is 11.2. The van der Waals surface area contributed by atoms with Gasteiger partial charge in [-0.2, -0.15) is 11.3 Å². The summed E-state index contributed by atoms with van der Waals surface area (Å²) < 4.78 is 22.5. The molecule has 124 valence electrons. The highest BCUT2D eigenvalue weighted by molar-refractivity contribution is 7.89. The van der Waals surface area contributed by atoms with Crippen LogP contribution in [-0.4, -0.2) is 20.9 Å². The summed E-state index contributed by atoms with van der Waals surface area (Å²) in [6, 6.07) is 8.51. The van der Waals surface area contributed by atoms with Gasteiger partial charge >= 0.3 is 0 Å². The lowest BCUT2D eigenvalue weighted by molar-refractivity contribution is 0.597. The highest BCUT2D eigenvalue weighted by Gasteiger charge is 2.06. The lowest BCUT2D eigenvalue weighted by Crippen LogP contribution is -2.36. The van der Waals surface area contributed by atoms with Gasteiger partial charge in [-0.15, -0.1) is 0 Å². The molecule has 0 unspecified atom stereocenters. The van der Waals surface area contributed by atoms with Crippen LogP contribution in [0.1, 0.15) is 18.1 Å². The lowest BCUT2D eigenvalue weighted by Gasteiger charge is -2.11. The minimum Gasteiger partial charge on any atom is -0.357 e. The third-order valence-electron chi connectivity index (χ3n) is 3.06. The number of nitrogens with one attached hydrogen (secondary N) is 2. The van der Waals surface area contributed by atoms with Crippen LogP contribution in [0.4, 0.5) is 0 Å². The van der Waals surface area contributed by atoms with Crippen LogP contribution in [-0.2, 0) is 23.1 Å². The van der Waals surface area contributed by atoms with Crippen LogP contribution in [0.2, 0.25) is 0 Å². The van der Waals surface area contributed by atoms with E-state index in [9.17, 15) is 8.42 Å². The molecule has 2 rings (SSSR count). The van der Waals surface area contributed by atoms with Gasteiger partial charge in [0.25, 0.3) is 0 Å². The first-order valence-corrected chi connectivity index (χ1v) is 9.63. The van der Waals surface area contributed by atoms with Gasteiger partial charge < -0.3 is 10.6 Å². The second kappa shape index (κ2) is 8.09. The van der Waals surface area contributed by atoms with E-state index in [1.165, 1.54) is 17.7 Å². The standard InChI is InChI=1S/C15H20N4O2S2/c1-2-17-15(19-10-13-7-8-22-11-13)18-9-12-3-5-14(6-4-12)23(16,20)21/h3-8,11H,2,9-10H2,1H3,(H2,16,20,21)(H2,17,18,19). The molecule has 0 aliphatic carbocycles. The van der Waals surface area contributed by atoms with Crippen LogP contribution in [0, 0.1) is 0 Å². The number of guanidine groups is 1. The van der Waals surface area contributed by atoms with Gasteiger partial charge in [0.1, 0.15) is 0 Å². The predicted octanol–water partition coefficient (Wildman–Crippen LogP) is 1.65. The Balaban J connectivity index is 1.96. The molecule has 0 aliphatic rings. The smallest absolute Gasteiger partial charge is 0.238 e. The fourth-order valence-corrected chi connectivity index (χ4v) is 3.05. The topological polar surface area (TPSA) is 96.6 Å². The summed E-state index contributed by atoms with van der Waals surface area (Å²) in [5.74, 6) is 0.717. The number of nitrogens with zero attached hydrogens (tertiary/aromatic N) is 1. The van der Waals surface area contributed by atoms with Crippen molar-refractivity contribution in [1.29, 1.82) is 0 Å². The number of rotatable bonds is 6. The Bertz CT molecular complexity index is 738. The molecule has 1 aromatic heterocycles. The Morgan fingerprint density at radius 3 is 2.48 bits per heavy atom. The molecule has 0 saturated heterocycles. The first-order valence-electron chi connectivity index (χ1n) is 7.14. The van der Waals surface area contributed by atoms with Crippen molar-refractivity contribution >= 4 is 27.3 Å². The highest BCUT2D eigenvalue weighted by Crippen LogP contribution is 2.09. The van der Waals surface area contributed by atoms with Crippen LogP contribution < -0.4 is 15.8 Å². The molecule has 1 aromatic carbocycles. The zero-order valence-corrected chi connectivity index (χ0v) is 14.5. The molecule has 4 N–H and O–H groups in total. The van der Waals surface area contributed by atoms with E-state index in [1.54, 1.807) is 23.5 Å². The Morgan fingerprint density at radius 1 is 1.17 bits per heavy atom. The third-order valence-corrected chi connectivity index (χ3v) is 4.72. The molecule has 0 spiro atoms. The molecule has 0 atom stereocenters. The van der Waals surface area contributed by atoms with E-state index in [2.05, 4.69) is 21.0 Å². The second-order valence-corrected chi connectivity index (χ2v) is 7.21. The maximum Gasteiger partial charge on any atom is 0.238 e. The Kier molecular flexibility index (Phi) is 6.14. The van der Waals surface area contributed by atoms with Crippen LogP contribution in [0.15, 0.2) is 51.0 Å². The number of hydrogen-bond acceptors (Lipinski definition) is 4. The summed E-state index contributed by atoms with van der Waals surface area (Å²) in [4.78, 5) is 4.62. The van der Waals surface area contributed by atoms with Gasteiger partial charge in [0.05, 0.1) is 11.4 Å². The van der Waals surface area contributed by atoms with Gasteiger partial charge in [-0.05, 0) is 47.0 Å². The lowest BCUT2D eigenvalue weighted by atomic mass is 10.2. The average molecular weight is 352 g/mol. The first kappa shape index (κ1) is 17.5. The van der Waals surface area contributed by atoms with Gasteiger partial charge in [-0.1, -0.05) is 12.1 Å². The monoisotopic (exact) mass is 352 g/mol. The van der Waals surface area contributed by atoms with Gasteiger partial charge in [0, 0.05) is 13.1 Å². The fraction of sp³-hybridized carbons (Fsp3) is 0.267. The molecular formula is C15H20N4O2S2.